The summed E-state index contributed by atoms with van der Waals surface area (Å²) >= 11 is 0. The molecule has 2 aromatic carbocycles. The maximum absolute atomic E-state index is 13.6. The number of amides is 3. The zero-order valence-electron chi connectivity index (χ0n) is 21.9. The van der Waals surface area contributed by atoms with Gasteiger partial charge < -0.3 is 25.0 Å². The van der Waals surface area contributed by atoms with Gasteiger partial charge in [0.2, 0.25) is 5.91 Å². The predicted molar refractivity (Wildman–Crippen MR) is 140 cm³/mol. The second kappa shape index (κ2) is 12.1. The lowest BCUT2D eigenvalue weighted by Gasteiger charge is -2.36. The average molecular weight is 494 g/mol. The third-order valence-electron chi connectivity index (χ3n) is 5.19. The van der Waals surface area contributed by atoms with E-state index in [0.29, 0.717) is 22.6 Å². The van der Waals surface area contributed by atoms with Crippen LogP contribution in [0.1, 0.15) is 58.7 Å². The molecule has 0 bridgehead atoms. The van der Waals surface area contributed by atoms with Crippen LogP contribution in [0.2, 0.25) is 0 Å². The fraction of sp³-hybridized carbons (Fsp3) is 0.393. The smallest absolute Gasteiger partial charge is 0.408 e. The van der Waals surface area contributed by atoms with Gasteiger partial charge in [-0.3, -0.25) is 9.59 Å². The van der Waals surface area contributed by atoms with E-state index in [1.54, 1.807) is 83.3 Å². The van der Waals surface area contributed by atoms with E-state index in [2.05, 4.69) is 16.6 Å². The number of alkyl carbamates (subject to hydrolysis) is 1. The highest BCUT2D eigenvalue weighted by molar-refractivity contribution is 5.99. The van der Waals surface area contributed by atoms with Gasteiger partial charge in [-0.25, -0.2) is 4.79 Å². The standard InChI is InChI=1S/C28H35N3O5/c1-9-20-10-12-21(13-11-20)24(25(32)30-22-14-16-23(35-8)17-15-22)31(18(2)3)26(33)19(4)29-27(34)36-28(5,6)7/h1,10-19,24H,2-8H3,(H,29,34)(H,30,32). The van der Waals surface area contributed by atoms with Crippen LogP contribution in [-0.2, 0) is 14.3 Å². The van der Waals surface area contributed by atoms with Crippen LogP contribution in [0.5, 0.6) is 5.75 Å². The summed E-state index contributed by atoms with van der Waals surface area (Å²) in [6.07, 6.45) is 4.77. The number of rotatable bonds is 8. The lowest BCUT2D eigenvalue weighted by atomic mass is 10.00. The molecule has 36 heavy (non-hydrogen) atoms. The van der Waals surface area contributed by atoms with Crippen LogP contribution in [-0.4, -0.2) is 47.6 Å². The van der Waals surface area contributed by atoms with Crippen LogP contribution in [0.3, 0.4) is 0 Å². The average Bonchev–Trinajstić information content (AvgIpc) is 2.81. The lowest BCUT2D eigenvalue weighted by Crippen LogP contribution is -2.53. The van der Waals surface area contributed by atoms with Gasteiger partial charge in [0.15, 0.2) is 0 Å². The number of nitrogens with one attached hydrogen (secondary N) is 2. The van der Waals surface area contributed by atoms with Gasteiger partial charge in [-0.2, -0.15) is 0 Å². The molecule has 8 heteroatoms. The number of carbonyl (C=O) groups is 3. The van der Waals surface area contributed by atoms with Crippen molar-refractivity contribution in [3.8, 4) is 18.1 Å². The Kier molecular flexibility index (Phi) is 9.51. The topological polar surface area (TPSA) is 97.0 Å². The molecule has 0 saturated carbocycles. The first-order chi connectivity index (χ1) is 16.9. The molecule has 0 radical (unpaired) electrons. The van der Waals surface area contributed by atoms with E-state index in [-0.39, 0.29) is 6.04 Å². The molecule has 8 nitrogen and oxygen atoms in total. The molecule has 192 valence electrons. The minimum atomic E-state index is -0.991. The summed E-state index contributed by atoms with van der Waals surface area (Å²) in [5, 5.41) is 5.45. The molecular weight excluding hydrogens is 458 g/mol. The highest BCUT2D eigenvalue weighted by Gasteiger charge is 2.36. The Bertz CT molecular complexity index is 1100. The molecule has 0 fully saturated rings. The highest BCUT2D eigenvalue weighted by atomic mass is 16.6. The number of ether oxygens (including phenoxy) is 2. The van der Waals surface area contributed by atoms with Crippen molar-refractivity contribution in [2.24, 2.45) is 0 Å². The summed E-state index contributed by atoms with van der Waals surface area (Å²) in [6.45, 7) is 10.4. The van der Waals surface area contributed by atoms with Crippen LogP contribution in [0.15, 0.2) is 48.5 Å². The summed E-state index contributed by atoms with van der Waals surface area (Å²) < 4.78 is 10.5. The molecule has 2 rings (SSSR count). The normalized spacial score (nSPS) is 12.6. The number of hydrogen-bond donors (Lipinski definition) is 2. The van der Waals surface area contributed by atoms with Gasteiger partial charge in [0.05, 0.1) is 7.11 Å². The molecule has 0 aromatic heterocycles. The summed E-state index contributed by atoms with van der Waals surface area (Å²) in [7, 11) is 1.56. The van der Waals surface area contributed by atoms with Gasteiger partial charge >= 0.3 is 6.09 Å². The molecular formula is C28H35N3O5. The van der Waals surface area contributed by atoms with E-state index >= 15 is 0 Å². The molecule has 2 N–H and O–H groups in total. The number of methoxy groups -OCH3 is 1. The largest absolute Gasteiger partial charge is 0.497 e. The van der Waals surface area contributed by atoms with Crippen molar-refractivity contribution in [1.82, 2.24) is 10.2 Å². The Morgan fingerprint density at radius 2 is 1.56 bits per heavy atom. The Morgan fingerprint density at radius 1 is 0.972 bits per heavy atom. The van der Waals surface area contributed by atoms with Gasteiger partial charge in [0.1, 0.15) is 23.4 Å². The quantitative estimate of drug-likeness (QED) is 0.528. The molecule has 2 unspecified atom stereocenters. The van der Waals surface area contributed by atoms with E-state index < -0.39 is 35.6 Å². The third-order valence-corrected chi connectivity index (χ3v) is 5.19. The van der Waals surface area contributed by atoms with Crippen LogP contribution in [0.4, 0.5) is 10.5 Å². The van der Waals surface area contributed by atoms with Gasteiger partial charge in [-0.15, -0.1) is 6.42 Å². The van der Waals surface area contributed by atoms with Crippen LogP contribution >= 0.6 is 0 Å². The van der Waals surface area contributed by atoms with Crippen molar-refractivity contribution in [3.05, 3.63) is 59.7 Å². The number of terminal acetylenes is 1. The molecule has 0 saturated heterocycles. The van der Waals surface area contributed by atoms with Crippen molar-refractivity contribution in [2.45, 2.75) is 65.3 Å². The first-order valence-electron chi connectivity index (χ1n) is 11.7. The van der Waals surface area contributed by atoms with Crippen molar-refractivity contribution >= 4 is 23.6 Å². The van der Waals surface area contributed by atoms with Crippen molar-refractivity contribution in [1.29, 1.82) is 0 Å². The van der Waals surface area contributed by atoms with E-state index in [9.17, 15) is 14.4 Å². The lowest BCUT2D eigenvalue weighted by molar-refractivity contribution is -0.142. The third kappa shape index (κ3) is 7.77. The number of carbonyl (C=O) groups excluding carboxylic acids is 3. The predicted octanol–water partition coefficient (Wildman–Crippen LogP) is 4.51. The molecule has 2 aromatic rings. The van der Waals surface area contributed by atoms with Crippen LogP contribution in [0.25, 0.3) is 0 Å². The van der Waals surface area contributed by atoms with E-state index in [1.807, 2.05) is 13.8 Å². The molecule has 0 aliphatic heterocycles. The van der Waals surface area contributed by atoms with Crippen molar-refractivity contribution < 1.29 is 23.9 Å². The zero-order chi connectivity index (χ0) is 27.0. The van der Waals surface area contributed by atoms with Crippen molar-refractivity contribution in [2.75, 3.05) is 12.4 Å². The molecule has 0 spiro atoms. The number of benzene rings is 2. The Hall–Kier alpha value is -3.99. The summed E-state index contributed by atoms with van der Waals surface area (Å²) in [5.74, 6) is 2.35. The summed E-state index contributed by atoms with van der Waals surface area (Å²) in [6, 6.07) is 11.5. The summed E-state index contributed by atoms with van der Waals surface area (Å²) in [4.78, 5) is 40.9. The molecule has 0 aliphatic rings. The molecule has 0 aliphatic carbocycles. The SMILES string of the molecule is C#Cc1ccc(C(C(=O)Nc2ccc(OC)cc2)N(C(=O)C(C)NC(=O)OC(C)(C)C)C(C)C)cc1. The first-order valence-corrected chi connectivity index (χ1v) is 11.7. The van der Waals surface area contributed by atoms with Crippen molar-refractivity contribution in [3.63, 3.8) is 0 Å². The second-order valence-corrected chi connectivity index (χ2v) is 9.59. The minimum Gasteiger partial charge on any atom is -0.497 e. The van der Waals surface area contributed by atoms with E-state index in [1.165, 1.54) is 4.90 Å². The Balaban J connectivity index is 2.41. The number of nitrogens with zero attached hydrogens (tertiary/aromatic N) is 1. The summed E-state index contributed by atoms with van der Waals surface area (Å²) in [5.41, 5.74) is 1.05. The van der Waals surface area contributed by atoms with Crippen LogP contribution in [0, 0.1) is 12.3 Å². The maximum atomic E-state index is 13.6. The first kappa shape index (κ1) is 28.2. The number of hydrogen-bond acceptors (Lipinski definition) is 5. The number of anilines is 1. The van der Waals surface area contributed by atoms with E-state index in [4.69, 9.17) is 15.9 Å². The van der Waals surface area contributed by atoms with Gasteiger partial charge in [0, 0.05) is 17.3 Å². The molecule has 0 heterocycles. The van der Waals surface area contributed by atoms with Gasteiger partial charge in [-0.1, -0.05) is 18.1 Å². The van der Waals surface area contributed by atoms with E-state index in [0.717, 1.165) is 0 Å². The minimum absolute atomic E-state index is 0.376. The zero-order valence-corrected chi connectivity index (χ0v) is 21.9. The monoisotopic (exact) mass is 493 g/mol. The maximum Gasteiger partial charge on any atom is 0.408 e. The van der Waals surface area contributed by atoms with Gasteiger partial charge in [-0.05, 0) is 83.5 Å². The Morgan fingerprint density at radius 3 is 2.03 bits per heavy atom. The van der Waals surface area contributed by atoms with Crippen LogP contribution < -0.4 is 15.4 Å². The fourth-order valence-corrected chi connectivity index (χ4v) is 3.53. The Labute approximate surface area is 213 Å². The highest BCUT2D eigenvalue weighted by Crippen LogP contribution is 2.27. The second-order valence-electron chi connectivity index (χ2n) is 9.59. The molecule has 3 amide bonds. The fourth-order valence-electron chi connectivity index (χ4n) is 3.53. The van der Waals surface area contributed by atoms with Gasteiger partial charge in [0.25, 0.3) is 5.91 Å². The molecule has 2 atom stereocenters.